The Morgan fingerprint density at radius 3 is 3.04 bits per heavy atom. The van der Waals surface area contributed by atoms with E-state index < -0.39 is 0 Å². The molecule has 1 aliphatic heterocycles. The molecule has 1 atom stereocenters. The van der Waals surface area contributed by atoms with Gasteiger partial charge < -0.3 is 9.42 Å². The minimum atomic E-state index is -0.0526. The van der Waals surface area contributed by atoms with E-state index in [1.54, 1.807) is 18.3 Å². The van der Waals surface area contributed by atoms with Crippen molar-refractivity contribution in [2.24, 2.45) is 0 Å². The molecule has 122 valence electrons. The fraction of sp³-hybridized carbons (Fsp3) is 0.278. The summed E-state index contributed by atoms with van der Waals surface area (Å²) in [7, 11) is 0. The van der Waals surface area contributed by atoms with Crippen molar-refractivity contribution in [3.05, 3.63) is 58.1 Å². The van der Waals surface area contributed by atoms with Crippen LogP contribution >= 0.6 is 11.3 Å². The van der Waals surface area contributed by atoms with Crippen LogP contribution in [0.15, 0.2) is 45.6 Å². The molecule has 0 saturated heterocycles. The molecule has 0 bridgehead atoms. The van der Waals surface area contributed by atoms with Crippen molar-refractivity contribution in [2.45, 2.75) is 25.8 Å². The van der Waals surface area contributed by atoms with Gasteiger partial charge >= 0.3 is 0 Å². The second-order valence-corrected chi connectivity index (χ2v) is 6.68. The van der Waals surface area contributed by atoms with E-state index in [0.29, 0.717) is 18.1 Å². The lowest BCUT2D eigenvalue weighted by Crippen LogP contribution is -2.39. The van der Waals surface area contributed by atoms with E-state index in [1.807, 2.05) is 33.9 Å². The highest BCUT2D eigenvalue weighted by molar-refractivity contribution is 7.08. The number of amides is 1. The van der Waals surface area contributed by atoms with E-state index in [1.165, 1.54) is 11.1 Å². The van der Waals surface area contributed by atoms with Gasteiger partial charge in [0.15, 0.2) is 0 Å². The normalized spacial score (nSPS) is 16.9. The highest BCUT2D eigenvalue weighted by Crippen LogP contribution is 2.32. The Morgan fingerprint density at radius 2 is 2.25 bits per heavy atom. The summed E-state index contributed by atoms with van der Waals surface area (Å²) in [6, 6.07) is 10.2. The number of fused-ring (bicyclic) bond motifs is 1. The first kappa shape index (κ1) is 15.1. The van der Waals surface area contributed by atoms with E-state index in [0.717, 1.165) is 18.5 Å². The molecule has 3 aromatic rings. The predicted octanol–water partition coefficient (Wildman–Crippen LogP) is 3.49. The summed E-state index contributed by atoms with van der Waals surface area (Å²) in [5.41, 5.74) is 3.43. The van der Waals surface area contributed by atoms with Crippen LogP contribution in [0.5, 0.6) is 0 Å². The van der Waals surface area contributed by atoms with Crippen molar-refractivity contribution < 1.29 is 9.32 Å². The zero-order valence-corrected chi connectivity index (χ0v) is 14.1. The Balaban J connectivity index is 1.65. The third-order valence-electron chi connectivity index (χ3n) is 4.43. The van der Waals surface area contributed by atoms with E-state index in [4.69, 9.17) is 4.52 Å². The number of nitrogens with zero attached hydrogens (tertiary/aromatic N) is 3. The number of benzene rings is 1. The Morgan fingerprint density at radius 1 is 1.38 bits per heavy atom. The molecule has 0 fully saturated rings. The van der Waals surface area contributed by atoms with Gasteiger partial charge in [-0.3, -0.25) is 4.79 Å². The summed E-state index contributed by atoms with van der Waals surface area (Å²) < 4.78 is 5.44. The second kappa shape index (κ2) is 6.20. The summed E-state index contributed by atoms with van der Waals surface area (Å²) in [6.45, 7) is 2.34. The average molecular weight is 339 g/mol. The summed E-state index contributed by atoms with van der Waals surface area (Å²) >= 11 is 1.60. The summed E-state index contributed by atoms with van der Waals surface area (Å²) in [5.74, 6) is 1.24. The standard InChI is InChI=1S/C18H17N3O2S/c1-12(22)21-8-6-13-4-2-3-5-15(13)16(21)10-17-19-18(20-23-17)14-7-9-24-11-14/h2-5,7,9,11,16H,6,8,10H2,1H3. The number of carbonyl (C=O) groups is 1. The van der Waals surface area contributed by atoms with Crippen LogP contribution < -0.4 is 0 Å². The van der Waals surface area contributed by atoms with Crippen LogP contribution in [-0.2, 0) is 17.6 Å². The lowest BCUT2D eigenvalue weighted by atomic mass is 9.90. The molecule has 1 unspecified atom stereocenters. The first-order valence-corrected chi connectivity index (χ1v) is 8.87. The monoisotopic (exact) mass is 339 g/mol. The van der Waals surface area contributed by atoms with Crippen molar-refractivity contribution in [3.8, 4) is 11.4 Å². The van der Waals surface area contributed by atoms with E-state index in [2.05, 4.69) is 22.3 Å². The lowest BCUT2D eigenvalue weighted by Gasteiger charge is -2.36. The van der Waals surface area contributed by atoms with Crippen molar-refractivity contribution in [1.82, 2.24) is 15.0 Å². The lowest BCUT2D eigenvalue weighted by molar-refractivity contribution is -0.131. The Hall–Kier alpha value is -2.47. The van der Waals surface area contributed by atoms with Gasteiger partial charge in [0.25, 0.3) is 0 Å². The van der Waals surface area contributed by atoms with Crippen molar-refractivity contribution in [2.75, 3.05) is 6.54 Å². The Labute approximate surface area is 143 Å². The third-order valence-corrected chi connectivity index (χ3v) is 5.12. The molecule has 1 aliphatic rings. The maximum atomic E-state index is 12.1. The molecule has 0 saturated carbocycles. The highest BCUT2D eigenvalue weighted by Gasteiger charge is 2.30. The molecule has 6 heteroatoms. The first-order valence-electron chi connectivity index (χ1n) is 7.92. The molecule has 24 heavy (non-hydrogen) atoms. The van der Waals surface area contributed by atoms with E-state index in [9.17, 15) is 4.79 Å². The zero-order chi connectivity index (χ0) is 16.5. The van der Waals surface area contributed by atoms with Gasteiger partial charge in [-0.1, -0.05) is 29.4 Å². The SMILES string of the molecule is CC(=O)N1CCc2ccccc2C1Cc1nc(-c2ccsc2)no1. The number of aromatic nitrogens is 2. The summed E-state index contributed by atoms with van der Waals surface area (Å²) in [5, 5.41) is 8.05. The minimum Gasteiger partial charge on any atom is -0.339 e. The molecule has 1 aromatic carbocycles. The molecule has 0 radical (unpaired) electrons. The molecular weight excluding hydrogens is 322 g/mol. The summed E-state index contributed by atoms with van der Waals surface area (Å²) in [6.07, 6.45) is 1.42. The zero-order valence-electron chi connectivity index (χ0n) is 13.3. The third kappa shape index (κ3) is 2.73. The number of hydrogen-bond acceptors (Lipinski definition) is 5. The number of hydrogen-bond donors (Lipinski definition) is 0. The first-order chi connectivity index (χ1) is 11.7. The maximum absolute atomic E-state index is 12.1. The molecule has 1 amide bonds. The van der Waals surface area contributed by atoms with Gasteiger partial charge in [0.2, 0.25) is 17.6 Å². The van der Waals surface area contributed by atoms with Gasteiger partial charge in [-0.2, -0.15) is 16.3 Å². The van der Waals surface area contributed by atoms with Crippen molar-refractivity contribution in [1.29, 1.82) is 0 Å². The Bertz CT molecular complexity index is 857. The molecule has 4 rings (SSSR count). The van der Waals surface area contributed by atoms with Gasteiger partial charge in [0.1, 0.15) is 0 Å². The molecule has 5 nitrogen and oxygen atoms in total. The smallest absolute Gasteiger partial charge is 0.229 e. The van der Waals surface area contributed by atoms with Crippen LogP contribution in [0.4, 0.5) is 0 Å². The quantitative estimate of drug-likeness (QED) is 0.733. The molecule has 3 heterocycles. The molecule has 0 N–H and O–H groups in total. The van der Waals surface area contributed by atoms with Crippen LogP contribution in [-0.4, -0.2) is 27.5 Å². The molecule has 0 spiro atoms. The van der Waals surface area contributed by atoms with Gasteiger partial charge in [-0.05, 0) is 29.0 Å². The molecular formula is C18H17N3O2S. The predicted molar refractivity (Wildman–Crippen MR) is 91.6 cm³/mol. The highest BCUT2D eigenvalue weighted by atomic mass is 32.1. The fourth-order valence-electron chi connectivity index (χ4n) is 3.26. The average Bonchev–Trinajstić information content (AvgIpc) is 3.26. The Kier molecular flexibility index (Phi) is 3.90. The van der Waals surface area contributed by atoms with Crippen LogP contribution in [0.25, 0.3) is 11.4 Å². The second-order valence-electron chi connectivity index (χ2n) is 5.90. The minimum absolute atomic E-state index is 0.0526. The number of thiophene rings is 1. The van der Waals surface area contributed by atoms with Crippen molar-refractivity contribution in [3.63, 3.8) is 0 Å². The maximum Gasteiger partial charge on any atom is 0.229 e. The molecule has 2 aromatic heterocycles. The number of carbonyl (C=O) groups excluding carboxylic acids is 1. The van der Waals surface area contributed by atoms with Crippen LogP contribution in [0, 0.1) is 0 Å². The molecule has 0 aliphatic carbocycles. The summed E-state index contributed by atoms with van der Waals surface area (Å²) in [4.78, 5) is 18.5. The van der Waals surface area contributed by atoms with Crippen LogP contribution in [0.3, 0.4) is 0 Å². The number of rotatable bonds is 3. The van der Waals surface area contributed by atoms with Crippen molar-refractivity contribution >= 4 is 17.2 Å². The van der Waals surface area contributed by atoms with Gasteiger partial charge in [0, 0.05) is 24.4 Å². The fourth-order valence-corrected chi connectivity index (χ4v) is 3.90. The van der Waals surface area contributed by atoms with Gasteiger partial charge in [-0.15, -0.1) is 0 Å². The van der Waals surface area contributed by atoms with Gasteiger partial charge in [-0.25, -0.2) is 0 Å². The van der Waals surface area contributed by atoms with Crippen LogP contribution in [0.1, 0.15) is 30.0 Å². The largest absolute Gasteiger partial charge is 0.339 e. The van der Waals surface area contributed by atoms with Gasteiger partial charge in [0.05, 0.1) is 12.5 Å². The topological polar surface area (TPSA) is 59.2 Å². The van der Waals surface area contributed by atoms with Crippen LogP contribution in [0.2, 0.25) is 0 Å². The van der Waals surface area contributed by atoms with E-state index in [-0.39, 0.29) is 11.9 Å². The van der Waals surface area contributed by atoms with E-state index >= 15 is 0 Å².